The van der Waals surface area contributed by atoms with Gasteiger partial charge in [-0.15, -0.1) is 0 Å². The number of carbonyl (C=O) groups excluding carboxylic acids is 3. The van der Waals surface area contributed by atoms with Crippen molar-refractivity contribution >= 4 is 29.2 Å². The third-order valence-corrected chi connectivity index (χ3v) is 3.57. The number of aryl methyl sites for hydroxylation is 1. The van der Waals surface area contributed by atoms with E-state index in [1.807, 2.05) is 19.1 Å². The predicted molar refractivity (Wildman–Crippen MR) is 101 cm³/mol. The van der Waals surface area contributed by atoms with Crippen LogP contribution in [0.15, 0.2) is 60.3 Å². The summed E-state index contributed by atoms with van der Waals surface area (Å²) in [7, 11) is 2.42. The van der Waals surface area contributed by atoms with Crippen LogP contribution in [0.1, 0.15) is 15.9 Å². The molecule has 0 aliphatic carbocycles. The minimum Gasteiger partial charge on any atom is -0.466 e. The van der Waals surface area contributed by atoms with E-state index in [1.165, 1.54) is 14.2 Å². The first-order chi connectivity index (χ1) is 12.9. The van der Waals surface area contributed by atoms with Crippen molar-refractivity contribution in [2.45, 2.75) is 6.92 Å². The predicted octanol–water partition coefficient (Wildman–Crippen LogP) is 2.89. The molecule has 0 aliphatic rings. The number of hydrogen-bond acceptors (Lipinski definition) is 6. The van der Waals surface area contributed by atoms with Crippen molar-refractivity contribution in [1.29, 1.82) is 0 Å². The SMILES string of the molecule is COC(=O)/C=C(/Nc1ccc(NC(=O)c2cccc(C)c2)cc1)C(=O)OC. The summed E-state index contributed by atoms with van der Waals surface area (Å²) in [6, 6.07) is 13.9. The standard InChI is InChI=1S/C20H20N2O5/c1-13-5-4-6-14(11-13)19(24)22-16-9-7-15(8-10-16)21-17(20(25)27-3)12-18(23)26-2/h4-12,21H,1-3H3,(H,22,24)/b17-12+. The van der Waals surface area contributed by atoms with E-state index in [2.05, 4.69) is 20.1 Å². The number of amides is 1. The second kappa shape index (κ2) is 9.19. The number of esters is 2. The fraction of sp³-hybridized carbons (Fsp3) is 0.150. The van der Waals surface area contributed by atoms with Gasteiger partial charge < -0.3 is 20.1 Å². The number of hydrogen-bond donors (Lipinski definition) is 2. The van der Waals surface area contributed by atoms with Gasteiger partial charge in [-0.1, -0.05) is 17.7 Å². The average molecular weight is 368 g/mol. The molecule has 0 spiro atoms. The van der Waals surface area contributed by atoms with Gasteiger partial charge in [0.25, 0.3) is 5.91 Å². The Labute approximate surface area is 157 Å². The molecule has 0 fully saturated rings. The molecule has 2 N–H and O–H groups in total. The van der Waals surface area contributed by atoms with Crippen LogP contribution < -0.4 is 10.6 Å². The van der Waals surface area contributed by atoms with E-state index >= 15 is 0 Å². The minimum absolute atomic E-state index is 0.0686. The van der Waals surface area contributed by atoms with Crippen LogP contribution in [0.2, 0.25) is 0 Å². The van der Waals surface area contributed by atoms with E-state index in [4.69, 9.17) is 0 Å². The summed E-state index contributed by atoms with van der Waals surface area (Å²) in [5.41, 5.74) is 2.61. The summed E-state index contributed by atoms with van der Waals surface area (Å²) < 4.78 is 9.15. The molecule has 0 saturated carbocycles. The number of carbonyl (C=O) groups is 3. The van der Waals surface area contributed by atoms with Crippen molar-refractivity contribution in [1.82, 2.24) is 0 Å². The quantitative estimate of drug-likeness (QED) is 0.601. The summed E-state index contributed by atoms with van der Waals surface area (Å²) >= 11 is 0. The summed E-state index contributed by atoms with van der Waals surface area (Å²) in [6.07, 6.45) is 0.999. The van der Waals surface area contributed by atoms with Gasteiger partial charge in [0.05, 0.1) is 20.3 Å². The first-order valence-electron chi connectivity index (χ1n) is 8.06. The van der Waals surface area contributed by atoms with Crippen molar-refractivity contribution in [2.24, 2.45) is 0 Å². The molecular formula is C20H20N2O5. The molecule has 7 heteroatoms. The third-order valence-electron chi connectivity index (χ3n) is 3.57. The van der Waals surface area contributed by atoms with Gasteiger partial charge in [0.15, 0.2) is 0 Å². The number of nitrogens with one attached hydrogen (secondary N) is 2. The monoisotopic (exact) mass is 368 g/mol. The highest BCUT2D eigenvalue weighted by atomic mass is 16.5. The molecule has 0 saturated heterocycles. The number of benzene rings is 2. The Balaban J connectivity index is 2.09. The van der Waals surface area contributed by atoms with Crippen molar-refractivity contribution in [3.8, 4) is 0 Å². The molecule has 2 aromatic carbocycles. The van der Waals surface area contributed by atoms with Gasteiger partial charge in [0, 0.05) is 16.9 Å². The lowest BCUT2D eigenvalue weighted by Crippen LogP contribution is -2.15. The van der Waals surface area contributed by atoms with E-state index in [-0.39, 0.29) is 11.6 Å². The first-order valence-corrected chi connectivity index (χ1v) is 8.06. The molecule has 0 aromatic heterocycles. The van der Waals surface area contributed by atoms with Gasteiger partial charge in [-0.05, 0) is 43.3 Å². The van der Waals surface area contributed by atoms with Gasteiger partial charge >= 0.3 is 11.9 Å². The lowest BCUT2D eigenvalue weighted by molar-refractivity contribution is -0.138. The first kappa shape index (κ1) is 19.7. The summed E-state index contributed by atoms with van der Waals surface area (Å²) in [4.78, 5) is 35.4. The topological polar surface area (TPSA) is 93.7 Å². The Morgan fingerprint density at radius 1 is 0.889 bits per heavy atom. The van der Waals surface area contributed by atoms with E-state index < -0.39 is 11.9 Å². The second-order valence-corrected chi connectivity index (χ2v) is 5.60. The number of methoxy groups -OCH3 is 2. The zero-order chi connectivity index (χ0) is 19.8. The molecule has 2 rings (SSSR count). The van der Waals surface area contributed by atoms with Crippen LogP contribution in [-0.2, 0) is 19.1 Å². The fourth-order valence-electron chi connectivity index (χ4n) is 2.21. The normalized spacial score (nSPS) is 10.7. The smallest absolute Gasteiger partial charge is 0.354 e. The maximum atomic E-state index is 12.3. The van der Waals surface area contributed by atoms with Crippen LogP contribution in [0.5, 0.6) is 0 Å². The Morgan fingerprint density at radius 3 is 2.07 bits per heavy atom. The average Bonchev–Trinajstić information content (AvgIpc) is 2.68. The minimum atomic E-state index is -0.711. The van der Waals surface area contributed by atoms with Crippen LogP contribution in [-0.4, -0.2) is 32.1 Å². The lowest BCUT2D eigenvalue weighted by atomic mass is 10.1. The molecule has 140 valence electrons. The van der Waals surface area contributed by atoms with Gasteiger partial charge in [-0.25, -0.2) is 9.59 Å². The summed E-state index contributed by atoms with van der Waals surface area (Å²) in [6.45, 7) is 1.91. The summed E-state index contributed by atoms with van der Waals surface area (Å²) in [5, 5.41) is 5.58. The molecule has 27 heavy (non-hydrogen) atoms. The van der Waals surface area contributed by atoms with E-state index in [0.717, 1.165) is 11.6 Å². The molecule has 0 unspecified atom stereocenters. The Bertz CT molecular complexity index is 872. The molecule has 2 aromatic rings. The second-order valence-electron chi connectivity index (χ2n) is 5.60. The van der Waals surface area contributed by atoms with Crippen LogP contribution in [0.3, 0.4) is 0 Å². The zero-order valence-corrected chi connectivity index (χ0v) is 15.2. The van der Waals surface area contributed by atoms with Crippen molar-refractivity contribution in [3.63, 3.8) is 0 Å². The largest absolute Gasteiger partial charge is 0.466 e. The molecule has 0 bridgehead atoms. The van der Waals surface area contributed by atoms with Gasteiger partial charge in [0.1, 0.15) is 5.70 Å². The van der Waals surface area contributed by atoms with Gasteiger partial charge in [-0.3, -0.25) is 4.79 Å². The van der Waals surface area contributed by atoms with Crippen LogP contribution in [0, 0.1) is 6.92 Å². The van der Waals surface area contributed by atoms with Crippen LogP contribution >= 0.6 is 0 Å². The van der Waals surface area contributed by atoms with Gasteiger partial charge in [0.2, 0.25) is 0 Å². The highest BCUT2D eigenvalue weighted by molar-refractivity contribution is 6.04. The van der Waals surface area contributed by atoms with E-state index in [9.17, 15) is 14.4 Å². The molecule has 0 heterocycles. The zero-order valence-electron chi connectivity index (χ0n) is 15.2. The Kier molecular flexibility index (Phi) is 6.71. The van der Waals surface area contributed by atoms with E-state index in [0.29, 0.717) is 16.9 Å². The highest BCUT2D eigenvalue weighted by Crippen LogP contribution is 2.17. The van der Waals surface area contributed by atoms with Crippen LogP contribution in [0.25, 0.3) is 0 Å². The Morgan fingerprint density at radius 2 is 1.52 bits per heavy atom. The fourth-order valence-corrected chi connectivity index (χ4v) is 2.21. The molecule has 7 nitrogen and oxygen atoms in total. The highest BCUT2D eigenvalue weighted by Gasteiger charge is 2.13. The van der Waals surface area contributed by atoms with Crippen LogP contribution in [0.4, 0.5) is 11.4 Å². The Hall–Kier alpha value is -3.61. The molecule has 1 amide bonds. The molecular weight excluding hydrogens is 348 g/mol. The maximum absolute atomic E-state index is 12.3. The summed E-state index contributed by atoms with van der Waals surface area (Å²) in [5.74, 6) is -1.62. The van der Waals surface area contributed by atoms with Crippen molar-refractivity contribution in [2.75, 3.05) is 24.9 Å². The van der Waals surface area contributed by atoms with Gasteiger partial charge in [-0.2, -0.15) is 0 Å². The molecule has 0 aliphatic heterocycles. The molecule has 0 atom stereocenters. The number of anilines is 2. The van der Waals surface area contributed by atoms with Crippen molar-refractivity contribution in [3.05, 3.63) is 71.4 Å². The number of rotatable bonds is 6. The third kappa shape index (κ3) is 5.71. The van der Waals surface area contributed by atoms with E-state index in [1.54, 1.807) is 36.4 Å². The molecule has 0 radical (unpaired) electrons. The maximum Gasteiger partial charge on any atom is 0.354 e. The lowest BCUT2D eigenvalue weighted by Gasteiger charge is -2.10. The van der Waals surface area contributed by atoms with Crippen molar-refractivity contribution < 1.29 is 23.9 Å². The number of ether oxygens (including phenoxy) is 2.